The lowest BCUT2D eigenvalue weighted by Crippen LogP contribution is -2.27. The highest BCUT2D eigenvalue weighted by Gasteiger charge is 2.34. The maximum atomic E-state index is 12.9. The first-order chi connectivity index (χ1) is 15.6. The van der Waals surface area contributed by atoms with Crippen LogP contribution in [0.25, 0.3) is 0 Å². The second-order valence-corrected chi connectivity index (χ2v) is 9.00. The predicted molar refractivity (Wildman–Crippen MR) is 133 cm³/mol. The first-order valence-corrected chi connectivity index (χ1v) is 12.1. The Bertz CT molecular complexity index is 1080. The molecule has 0 unspecified atom stereocenters. The van der Waals surface area contributed by atoms with Crippen LogP contribution in [0.4, 0.5) is 11.4 Å². The number of carbonyl (C=O) groups is 2. The van der Waals surface area contributed by atoms with Crippen LogP contribution >= 0.6 is 11.8 Å². The molecule has 164 valence electrons. The summed E-state index contributed by atoms with van der Waals surface area (Å²) in [5, 5.41) is 2.99. The number of rotatable bonds is 7. The van der Waals surface area contributed by atoms with Crippen LogP contribution in [0.5, 0.6) is 0 Å². The van der Waals surface area contributed by atoms with Crippen molar-refractivity contribution in [3.8, 4) is 0 Å². The Morgan fingerprint density at radius 2 is 1.78 bits per heavy atom. The number of benzene rings is 3. The van der Waals surface area contributed by atoms with Gasteiger partial charge in [0.05, 0.1) is 11.7 Å². The van der Waals surface area contributed by atoms with Crippen molar-refractivity contribution in [1.29, 1.82) is 0 Å². The third kappa shape index (κ3) is 4.73. The summed E-state index contributed by atoms with van der Waals surface area (Å²) in [6.07, 6.45) is 1.67. The fourth-order valence-corrected chi connectivity index (χ4v) is 5.27. The molecule has 2 amide bonds. The van der Waals surface area contributed by atoms with E-state index < -0.39 is 0 Å². The number of hydrogen-bond donors (Lipinski definition) is 1. The van der Waals surface area contributed by atoms with Crippen molar-refractivity contribution in [3.63, 3.8) is 0 Å². The molecule has 1 aliphatic heterocycles. The van der Waals surface area contributed by atoms with Gasteiger partial charge in [0.2, 0.25) is 11.8 Å². The van der Waals surface area contributed by atoms with E-state index in [1.807, 2.05) is 78.6 Å². The lowest BCUT2D eigenvalue weighted by molar-refractivity contribution is -0.118. The number of thioether (sulfide) groups is 1. The van der Waals surface area contributed by atoms with Gasteiger partial charge in [-0.2, -0.15) is 0 Å². The molecule has 0 saturated carbocycles. The van der Waals surface area contributed by atoms with Crippen LogP contribution in [0.2, 0.25) is 0 Å². The van der Waals surface area contributed by atoms with Crippen LogP contribution in [0.3, 0.4) is 0 Å². The zero-order valence-corrected chi connectivity index (χ0v) is 19.3. The largest absolute Gasteiger partial charge is 0.326 e. The van der Waals surface area contributed by atoms with Gasteiger partial charge < -0.3 is 5.32 Å². The molecule has 5 heteroatoms. The summed E-state index contributed by atoms with van der Waals surface area (Å²) in [7, 11) is 0. The molecule has 3 aromatic carbocycles. The molecule has 0 aromatic heterocycles. The van der Waals surface area contributed by atoms with E-state index in [-0.39, 0.29) is 23.1 Å². The summed E-state index contributed by atoms with van der Waals surface area (Å²) in [4.78, 5) is 27.4. The van der Waals surface area contributed by atoms with E-state index >= 15 is 0 Å². The average Bonchev–Trinajstić information content (AvgIpc) is 3.22. The molecule has 0 bridgehead atoms. The average molecular weight is 445 g/mol. The van der Waals surface area contributed by atoms with E-state index in [0.717, 1.165) is 35.3 Å². The number of amides is 2. The van der Waals surface area contributed by atoms with Gasteiger partial charge in [-0.3, -0.25) is 14.5 Å². The Hall–Kier alpha value is -3.05. The molecule has 4 nitrogen and oxygen atoms in total. The number of nitrogens with one attached hydrogen (secondary N) is 1. The van der Waals surface area contributed by atoms with E-state index in [0.29, 0.717) is 5.75 Å². The summed E-state index contributed by atoms with van der Waals surface area (Å²) in [6.45, 7) is 4.14. The van der Waals surface area contributed by atoms with Gasteiger partial charge in [-0.05, 0) is 53.8 Å². The molecule has 4 rings (SSSR count). The highest BCUT2D eigenvalue weighted by molar-refractivity contribution is 8.00. The molecule has 0 aliphatic carbocycles. The Morgan fingerprint density at radius 1 is 1.03 bits per heavy atom. The minimum absolute atomic E-state index is 0.00474. The smallest absolute Gasteiger partial charge is 0.238 e. The van der Waals surface area contributed by atoms with Crippen molar-refractivity contribution in [2.45, 2.75) is 38.0 Å². The number of aryl methyl sites for hydroxylation is 1. The quantitative estimate of drug-likeness (QED) is 0.475. The summed E-state index contributed by atoms with van der Waals surface area (Å²) in [5.41, 5.74) is 5.00. The monoisotopic (exact) mass is 444 g/mol. The van der Waals surface area contributed by atoms with Crippen LogP contribution in [0.1, 0.15) is 48.3 Å². The fourth-order valence-electron chi connectivity index (χ4n) is 4.09. The Labute approximate surface area is 194 Å². The van der Waals surface area contributed by atoms with Gasteiger partial charge in [0.15, 0.2) is 0 Å². The van der Waals surface area contributed by atoms with Crippen LogP contribution in [-0.4, -0.2) is 17.6 Å². The van der Waals surface area contributed by atoms with E-state index in [2.05, 4.69) is 24.4 Å². The highest BCUT2D eigenvalue weighted by Crippen LogP contribution is 2.42. The first kappa shape index (κ1) is 22.2. The molecular weight excluding hydrogens is 416 g/mol. The van der Waals surface area contributed by atoms with Crippen molar-refractivity contribution in [2.75, 3.05) is 16.0 Å². The second-order valence-electron chi connectivity index (χ2n) is 7.93. The van der Waals surface area contributed by atoms with E-state index in [9.17, 15) is 9.59 Å². The second kappa shape index (κ2) is 10.0. The summed E-state index contributed by atoms with van der Waals surface area (Å²) in [6, 6.07) is 25.9. The standard InChI is InChI=1S/C27H28N2O2S/c1-3-19-9-8-12-23(17-19)29-25(30)18-32-27(29)21-13-15-22(16-14-21)28-26(31)24(4-2)20-10-6-5-7-11-20/h5-17,24,27H,3-4,18H2,1-2H3,(H,28,31)/t24-,27+/m1/s1. The molecule has 1 saturated heterocycles. The predicted octanol–water partition coefficient (Wildman–Crippen LogP) is 6.16. The molecule has 1 aliphatic rings. The van der Waals surface area contributed by atoms with Gasteiger partial charge in [0.25, 0.3) is 0 Å². The maximum absolute atomic E-state index is 12.9. The zero-order valence-electron chi connectivity index (χ0n) is 18.5. The molecule has 1 fully saturated rings. The molecule has 1 heterocycles. The number of hydrogen-bond acceptors (Lipinski definition) is 3. The van der Waals surface area contributed by atoms with Crippen molar-refractivity contribution in [2.24, 2.45) is 0 Å². The summed E-state index contributed by atoms with van der Waals surface area (Å²) in [5.74, 6) is 0.406. The molecule has 0 radical (unpaired) electrons. The van der Waals surface area contributed by atoms with Gasteiger partial charge >= 0.3 is 0 Å². The van der Waals surface area contributed by atoms with Crippen molar-refractivity contribution in [3.05, 3.63) is 95.6 Å². The van der Waals surface area contributed by atoms with Crippen LogP contribution in [0.15, 0.2) is 78.9 Å². The van der Waals surface area contributed by atoms with E-state index in [1.54, 1.807) is 11.8 Å². The molecule has 3 aromatic rings. The SMILES string of the molecule is CCc1cccc(N2C(=O)CS[C@H]2c2ccc(NC(=O)[C@H](CC)c3ccccc3)cc2)c1. The zero-order chi connectivity index (χ0) is 22.5. The summed E-state index contributed by atoms with van der Waals surface area (Å²) >= 11 is 1.63. The molecule has 2 atom stereocenters. The van der Waals surface area contributed by atoms with Gasteiger partial charge in [-0.15, -0.1) is 11.8 Å². The number of carbonyl (C=O) groups excluding carboxylic acids is 2. The van der Waals surface area contributed by atoms with E-state index in [1.165, 1.54) is 5.56 Å². The Morgan fingerprint density at radius 3 is 2.47 bits per heavy atom. The fraction of sp³-hybridized carbons (Fsp3) is 0.259. The van der Waals surface area contributed by atoms with Crippen molar-refractivity contribution in [1.82, 2.24) is 0 Å². The molecule has 0 spiro atoms. The maximum Gasteiger partial charge on any atom is 0.238 e. The minimum atomic E-state index is -0.180. The van der Waals surface area contributed by atoms with Crippen molar-refractivity contribution >= 4 is 35.0 Å². The Balaban J connectivity index is 1.50. The van der Waals surface area contributed by atoms with Gasteiger partial charge in [0.1, 0.15) is 5.37 Å². The molecule has 1 N–H and O–H groups in total. The van der Waals surface area contributed by atoms with Gasteiger partial charge in [-0.25, -0.2) is 0 Å². The van der Waals surface area contributed by atoms with Crippen LogP contribution in [0, 0.1) is 0 Å². The van der Waals surface area contributed by atoms with Crippen LogP contribution < -0.4 is 10.2 Å². The third-order valence-electron chi connectivity index (χ3n) is 5.85. The molecular formula is C27H28N2O2S. The molecule has 32 heavy (non-hydrogen) atoms. The van der Waals surface area contributed by atoms with Gasteiger partial charge in [-0.1, -0.05) is 68.4 Å². The normalized spacial score (nSPS) is 16.8. The Kier molecular flexibility index (Phi) is 6.96. The van der Waals surface area contributed by atoms with Crippen molar-refractivity contribution < 1.29 is 9.59 Å². The highest BCUT2D eigenvalue weighted by atomic mass is 32.2. The lowest BCUT2D eigenvalue weighted by Gasteiger charge is -2.25. The summed E-state index contributed by atoms with van der Waals surface area (Å²) < 4.78 is 0. The number of nitrogens with zero attached hydrogens (tertiary/aromatic N) is 1. The third-order valence-corrected chi connectivity index (χ3v) is 7.07. The van der Waals surface area contributed by atoms with Gasteiger partial charge in [0, 0.05) is 11.4 Å². The number of anilines is 2. The first-order valence-electron chi connectivity index (χ1n) is 11.1. The minimum Gasteiger partial charge on any atom is -0.326 e. The van der Waals surface area contributed by atoms with E-state index in [4.69, 9.17) is 0 Å². The lowest BCUT2D eigenvalue weighted by atomic mass is 9.95. The topological polar surface area (TPSA) is 49.4 Å². The van der Waals surface area contributed by atoms with Crippen LogP contribution in [-0.2, 0) is 16.0 Å².